The molecule has 0 radical (unpaired) electrons. The van der Waals surface area contributed by atoms with E-state index in [1.807, 2.05) is 42.5 Å². The summed E-state index contributed by atoms with van der Waals surface area (Å²) in [6, 6.07) is 15.5. The molecule has 4 rings (SSSR count). The first-order valence-electron chi connectivity index (χ1n) is 9.09. The van der Waals surface area contributed by atoms with Crippen LogP contribution in [0.1, 0.15) is 15.2 Å². The van der Waals surface area contributed by atoms with Gasteiger partial charge in [0.15, 0.2) is 5.82 Å². The molecule has 0 saturated heterocycles. The Morgan fingerprint density at radius 3 is 2.53 bits per heavy atom. The average molecular weight is 419 g/mol. The van der Waals surface area contributed by atoms with Gasteiger partial charge in [-0.05, 0) is 11.6 Å². The molecular formula is C21H17N5O3S. The lowest BCUT2D eigenvalue weighted by molar-refractivity contribution is -0.137. The quantitative estimate of drug-likeness (QED) is 0.443. The number of nitrogens with zero attached hydrogens (tertiary/aromatic N) is 3. The zero-order valence-electron chi connectivity index (χ0n) is 15.7. The summed E-state index contributed by atoms with van der Waals surface area (Å²) >= 11 is 1.12. The van der Waals surface area contributed by atoms with Crippen LogP contribution in [0.5, 0.6) is 0 Å². The van der Waals surface area contributed by atoms with Gasteiger partial charge in [0.2, 0.25) is 5.78 Å². The number of amides is 2. The van der Waals surface area contributed by atoms with Crippen LogP contribution in [0.2, 0.25) is 0 Å². The molecular weight excluding hydrogens is 402 g/mol. The fraction of sp³-hybridized carbons (Fsp3) is 0.0952. The lowest BCUT2D eigenvalue weighted by atomic mass is 10.0. The van der Waals surface area contributed by atoms with Gasteiger partial charge in [0.1, 0.15) is 10.9 Å². The number of thiazole rings is 1. The molecule has 0 spiro atoms. The third-order valence-corrected chi connectivity index (χ3v) is 5.35. The summed E-state index contributed by atoms with van der Waals surface area (Å²) < 4.78 is 1.53. The number of ketones is 1. The highest BCUT2D eigenvalue weighted by atomic mass is 32.1. The lowest BCUT2D eigenvalue weighted by Gasteiger charge is -2.16. The van der Waals surface area contributed by atoms with E-state index in [2.05, 4.69) is 15.4 Å². The van der Waals surface area contributed by atoms with Crippen molar-refractivity contribution in [3.63, 3.8) is 0 Å². The van der Waals surface area contributed by atoms with Crippen LogP contribution in [-0.4, -0.2) is 38.4 Å². The predicted molar refractivity (Wildman–Crippen MR) is 112 cm³/mol. The van der Waals surface area contributed by atoms with E-state index in [1.54, 1.807) is 18.3 Å². The van der Waals surface area contributed by atoms with Gasteiger partial charge in [-0.25, -0.2) is 9.67 Å². The van der Waals surface area contributed by atoms with Crippen LogP contribution < -0.4 is 11.1 Å². The van der Waals surface area contributed by atoms with E-state index in [0.717, 1.165) is 27.8 Å². The zero-order chi connectivity index (χ0) is 21.1. The van der Waals surface area contributed by atoms with Crippen LogP contribution in [0.15, 0.2) is 66.3 Å². The fourth-order valence-corrected chi connectivity index (χ4v) is 3.76. The van der Waals surface area contributed by atoms with Crippen molar-refractivity contribution in [2.75, 3.05) is 0 Å². The lowest BCUT2D eigenvalue weighted by Crippen LogP contribution is -2.47. The van der Waals surface area contributed by atoms with Crippen molar-refractivity contribution in [3.05, 3.63) is 76.7 Å². The molecule has 8 nitrogen and oxygen atoms in total. The number of Topliss-reactive ketones (excluding diaryl/α,β-unsaturated/α-hetero) is 1. The van der Waals surface area contributed by atoms with E-state index < -0.39 is 23.6 Å². The third-order valence-electron chi connectivity index (χ3n) is 4.53. The van der Waals surface area contributed by atoms with Crippen LogP contribution >= 0.6 is 11.3 Å². The molecule has 2 aromatic carbocycles. The van der Waals surface area contributed by atoms with E-state index in [9.17, 15) is 14.4 Å². The van der Waals surface area contributed by atoms with Gasteiger partial charge < -0.3 is 11.1 Å². The average Bonchev–Trinajstić information content (AvgIpc) is 3.40. The van der Waals surface area contributed by atoms with E-state index in [4.69, 9.17) is 5.73 Å². The van der Waals surface area contributed by atoms with Crippen LogP contribution in [0.4, 0.5) is 0 Å². The highest BCUT2D eigenvalue weighted by Crippen LogP contribution is 2.21. The molecule has 30 heavy (non-hydrogen) atoms. The first-order valence-corrected chi connectivity index (χ1v) is 9.97. The molecule has 3 N–H and O–H groups in total. The van der Waals surface area contributed by atoms with E-state index in [1.165, 1.54) is 10.2 Å². The standard InChI is InChI=1S/C21H17N5O3S/c22-19(28)17(27)16(10-13-6-2-1-3-7-13)24-21(29)18-20(23-12-30-18)26-11-14-8-4-5-9-15(14)25-26/h1-9,11-12,16H,10H2,(H2,22,28)(H,24,29)/t16-/m0/s1. The topological polar surface area (TPSA) is 120 Å². The van der Waals surface area contributed by atoms with Crippen molar-refractivity contribution in [1.82, 2.24) is 20.1 Å². The van der Waals surface area contributed by atoms with Crippen molar-refractivity contribution in [2.24, 2.45) is 5.73 Å². The number of carbonyl (C=O) groups is 3. The number of hydrogen-bond donors (Lipinski definition) is 2. The molecule has 1 atom stereocenters. The number of fused-ring (bicyclic) bond motifs is 1. The summed E-state index contributed by atoms with van der Waals surface area (Å²) in [5, 5.41) is 7.99. The number of hydrogen-bond acceptors (Lipinski definition) is 6. The molecule has 150 valence electrons. The molecule has 2 aromatic heterocycles. The monoisotopic (exact) mass is 419 g/mol. The maximum atomic E-state index is 13.0. The number of benzene rings is 2. The summed E-state index contributed by atoms with van der Waals surface area (Å²) in [5.41, 5.74) is 8.27. The normalized spacial score (nSPS) is 11.9. The first-order chi connectivity index (χ1) is 14.5. The smallest absolute Gasteiger partial charge is 0.287 e. The molecule has 2 amide bonds. The molecule has 0 bridgehead atoms. The number of aromatic nitrogens is 3. The molecule has 2 heterocycles. The zero-order valence-corrected chi connectivity index (χ0v) is 16.5. The Bertz CT molecular complexity index is 1200. The van der Waals surface area contributed by atoms with Crippen LogP contribution in [0, 0.1) is 0 Å². The van der Waals surface area contributed by atoms with Gasteiger partial charge in [-0.2, -0.15) is 5.10 Å². The molecule has 0 fully saturated rings. The van der Waals surface area contributed by atoms with E-state index in [0.29, 0.717) is 5.82 Å². The minimum Gasteiger partial charge on any atom is -0.363 e. The first kappa shape index (κ1) is 19.5. The second-order valence-corrected chi connectivity index (χ2v) is 7.44. The molecule has 0 aliphatic carbocycles. The van der Waals surface area contributed by atoms with Gasteiger partial charge in [-0.1, -0.05) is 48.5 Å². The summed E-state index contributed by atoms with van der Waals surface area (Å²) in [6.45, 7) is 0. The molecule has 4 aromatic rings. The Hall–Kier alpha value is -3.85. The van der Waals surface area contributed by atoms with Crippen molar-refractivity contribution < 1.29 is 14.4 Å². The number of primary amides is 1. The summed E-state index contributed by atoms with van der Waals surface area (Å²) in [5.74, 6) is -2.14. The number of nitrogens with two attached hydrogens (primary N) is 1. The molecule has 0 aliphatic rings. The van der Waals surface area contributed by atoms with Gasteiger partial charge in [0.25, 0.3) is 11.8 Å². The molecule has 0 unspecified atom stereocenters. The van der Waals surface area contributed by atoms with Gasteiger partial charge >= 0.3 is 0 Å². The van der Waals surface area contributed by atoms with E-state index in [-0.39, 0.29) is 11.3 Å². The van der Waals surface area contributed by atoms with Gasteiger partial charge in [-0.3, -0.25) is 14.4 Å². The van der Waals surface area contributed by atoms with Crippen molar-refractivity contribution in [1.29, 1.82) is 0 Å². The highest BCUT2D eigenvalue weighted by Gasteiger charge is 2.28. The Balaban J connectivity index is 1.61. The van der Waals surface area contributed by atoms with Gasteiger partial charge in [-0.15, -0.1) is 11.3 Å². The SMILES string of the molecule is NC(=O)C(=O)[C@H](Cc1ccccc1)NC(=O)c1scnc1-n1cc2ccccc2n1. The number of rotatable bonds is 7. The van der Waals surface area contributed by atoms with Crippen LogP contribution in [-0.2, 0) is 16.0 Å². The Kier molecular flexibility index (Phi) is 5.36. The highest BCUT2D eigenvalue weighted by molar-refractivity contribution is 7.12. The van der Waals surface area contributed by atoms with Gasteiger partial charge in [0.05, 0.1) is 11.0 Å². The third kappa shape index (κ3) is 3.96. The Morgan fingerprint density at radius 1 is 1.07 bits per heavy atom. The minimum atomic E-state index is -1.10. The van der Waals surface area contributed by atoms with E-state index >= 15 is 0 Å². The van der Waals surface area contributed by atoms with Gasteiger partial charge in [0, 0.05) is 18.0 Å². The van der Waals surface area contributed by atoms with Crippen LogP contribution in [0.3, 0.4) is 0 Å². The Morgan fingerprint density at radius 2 is 1.80 bits per heavy atom. The molecule has 9 heteroatoms. The fourth-order valence-electron chi connectivity index (χ4n) is 3.09. The summed E-state index contributed by atoms with van der Waals surface area (Å²) in [4.78, 5) is 41.3. The maximum Gasteiger partial charge on any atom is 0.287 e. The van der Waals surface area contributed by atoms with Crippen molar-refractivity contribution >= 4 is 39.8 Å². The Labute approximate surface area is 175 Å². The second-order valence-electron chi connectivity index (χ2n) is 6.58. The van der Waals surface area contributed by atoms with Crippen molar-refractivity contribution in [2.45, 2.75) is 12.5 Å². The largest absolute Gasteiger partial charge is 0.363 e. The van der Waals surface area contributed by atoms with Crippen molar-refractivity contribution in [3.8, 4) is 5.82 Å². The molecule has 0 saturated carbocycles. The minimum absolute atomic E-state index is 0.147. The maximum absolute atomic E-state index is 13.0. The second kappa shape index (κ2) is 8.26. The predicted octanol–water partition coefficient (Wildman–Crippen LogP) is 1.88. The summed E-state index contributed by atoms with van der Waals surface area (Å²) in [7, 11) is 0. The number of carbonyl (C=O) groups excluding carboxylic acids is 3. The molecule has 0 aliphatic heterocycles. The summed E-state index contributed by atoms with van der Waals surface area (Å²) in [6.07, 6.45) is 1.92. The van der Waals surface area contributed by atoms with Crippen LogP contribution in [0.25, 0.3) is 16.7 Å². The number of nitrogens with one attached hydrogen (secondary N) is 1.